The van der Waals surface area contributed by atoms with E-state index in [9.17, 15) is 4.79 Å². The Morgan fingerprint density at radius 1 is 1.41 bits per heavy atom. The smallest absolute Gasteiger partial charge is 0.315 e. The zero-order valence-corrected chi connectivity index (χ0v) is 8.97. The van der Waals surface area contributed by atoms with Gasteiger partial charge in [0.1, 0.15) is 11.5 Å². The summed E-state index contributed by atoms with van der Waals surface area (Å²) in [6.45, 7) is 1.65. The van der Waals surface area contributed by atoms with E-state index in [4.69, 9.17) is 10.4 Å². The van der Waals surface area contributed by atoms with E-state index in [1.54, 1.807) is 25.1 Å². The van der Waals surface area contributed by atoms with Crippen molar-refractivity contribution in [1.29, 1.82) is 0 Å². The molecule has 0 fully saturated rings. The highest BCUT2D eigenvalue weighted by Crippen LogP contribution is 2.07. The maximum absolute atomic E-state index is 11.7. The van der Waals surface area contributed by atoms with Crippen molar-refractivity contribution in [3.63, 3.8) is 0 Å². The van der Waals surface area contributed by atoms with E-state index in [1.165, 1.54) is 0 Å². The Hall–Kier alpha value is -2.48. The Labute approximate surface area is 96.2 Å². The molecule has 2 heterocycles. The molecule has 0 saturated carbocycles. The first-order chi connectivity index (χ1) is 8.19. The summed E-state index contributed by atoms with van der Waals surface area (Å²) in [5, 5.41) is 5.96. The number of nitrogens with two attached hydrogens (primary N) is 1. The first-order valence-corrected chi connectivity index (χ1v) is 4.74. The first kappa shape index (κ1) is 11.0. The summed E-state index contributed by atoms with van der Waals surface area (Å²) >= 11 is 0. The van der Waals surface area contributed by atoms with Crippen molar-refractivity contribution < 1.29 is 9.32 Å². The highest BCUT2D eigenvalue weighted by atomic mass is 16.5. The van der Waals surface area contributed by atoms with Gasteiger partial charge in [-0.1, -0.05) is 11.2 Å². The van der Waals surface area contributed by atoms with E-state index in [-0.39, 0.29) is 11.7 Å². The summed E-state index contributed by atoms with van der Waals surface area (Å²) in [6.07, 6.45) is 0. The Morgan fingerprint density at radius 2 is 2.24 bits per heavy atom. The van der Waals surface area contributed by atoms with Crippen molar-refractivity contribution in [3.8, 4) is 0 Å². The molecule has 0 spiro atoms. The van der Waals surface area contributed by atoms with Gasteiger partial charge >= 0.3 is 6.01 Å². The Bertz CT molecular complexity index is 538. The fourth-order valence-corrected chi connectivity index (χ4v) is 1.15. The van der Waals surface area contributed by atoms with Gasteiger partial charge in [-0.15, -0.1) is 0 Å². The summed E-state index contributed by atoms with van der Waals surface area (Å²) < 4.78 is 4.75. The Morgan fingerprint density at radius 3 is 2.88 bits per heavy atom. The van der Waals surface area contributed by atoms with Crippen LogP contribution in [0.2, 0.25) is 0 Å². The minimum atomic E-state index is -0.453. The van der Waals surface area contributed by atoms with Crippen molar-refractivity contribution in [2.75, 3.05) is 10.7 Å². The van der Waals surface area contributed by atoms with E-state index < -0.39 is 5.91 Å². The number of pyridine rings is 1. The summed E-state index contributed by atoms with van der Waals surface area (Å²) in [5.41, 5.74) is 2.54. The second-order valence-corrected chi connectivity index (χ2v) is 3.15. The van der Waals surface area contributed by atoms with Crippen LogP contribution < -0.4 is 16.6 Å². The van der Waals surface area contributed by atoms with Crippen molar-refractivity contribution in [2.45, 2.75) is 6.92 Å². The van der Waals surface area contributed by atoms with Crippen LogP contribution in [0, 0.1) is 6.92 Å². The van der Waals surface area contributed by atoms with Gasteiger partial charge in [0.25, 0.3) is 5.91 Å². The molecule has 2 aromatic heterocycles. The quantitative estimate of drug-likeness (QED) is 0.516. The number of hydrazine groups is 1. The molecule has 17 heavy (non-hydrogen) atoms. The minimum absolute atomic E-state index is 0.0282. The SMILES string of the molecule is Cc1noc(NC(=O)c2cccc(NN)n2)n1. The fraction of sp³-hybridized carbons (Fsp3) is 0.111. The van der Waals surface area contributed by atoms with Gasteiger partial charge in [-0.3, -0.25) is 10.1 Å². The molecule has 0 bridgehead atoms. The van der Waals surface area contributed by atoms with Crippen LogP contribution in [0.4, 0.5) is 11.8 Å². The molecule has 0 radical (unpaired) electrons. The molecule has 88 valence electrons. The average Bonchev–Trinajstić information content (AvgIpc) is 2.75. The van der Waals surface area contributed by atoms with Crippen LogP contribution in [0.3, 0.4) is 0 Å². The molecule has 0 unspecified atom stereocenters. The third-order valence-corrected chi connectivity index (χ3v) is 1.88. The Balaban J connectivity index is 2.14. The fourth-order valence-electron chi connectivity index (χ4n) is 1.15. The maximum Gasteiger partial charge on any atom is 0.328 e. The van der Waals surface area contributed by atoms with Gasteiger partial charge in [0.2, 0.25) is 0 Å². The minimum Gasteiger partial charge on any atom is -0.315 e. The van der Waals surface area contributed by atoms with Gasteiger partial charge in [-0.2, -0.15) is 4.98 Å². The lowest BCUT2D eigenvalue weighted by Gasteiger charge is -2.02. The highest BCUT2D eigenvalue weighted by molar-refractivity contribution is 6.01. The van der Waals surface area contributed by atoms with E-state index >= 15 is 0 Å². The number of aryl methyl sites for hydroxylation is 1. The molecule has 2 rings (SSSR count). The molecule has 4 N–H and O–H groups in total. The number of aromatic nitrogens is 3. The molecule has 0 aromatic carbocycles. The number of carbonyl (C=O) groups is 1. The molecule has 8 nitrogen and oxygen atoms in total. The zero-order valence-electron chi connectivity index (χ0n) is 8.97. The topological polar surface area (TPSA) is 119 Å². The van der Waals surface area contributed by atoms with Crippen LogP contribution in [0.15, 0.2) is 22.7 Å². The standard InChI is InChI=1S/C9H10N6O2/c1-5-11-9(17-15-5)13-8(16)6-3-2-4-7(12-6)14-10/h2-4H,10H2,1H3,(H,12,14)(H,11,13,15,16). The number of hydrogen-bond donors (Lipinski definition) is 3. The van der Waals surface area contributed by atoms with Gasteiger partial charge in [0.15, 0.2) is 5.82 Å². The largest absolute Gasteiger partial charge is 0.328 e. The summed E-state index contributed by atoms with van der Waals surface area (Å²) in [6, 6.07) is 4.85. The van der Waals surface area contributed by atoms with Crippen molar-refractivity contribution in [3.05, 3.63) is 29.7 Å². The second kappa shape index (κ2) is 4.58. The molecule has 0 atom stereocenters. The summed E-state index contributed by atoms with van der Waals surface area (Å²) in [5.74, 6) is 5.56. The van der Waals surface area contributed by atoms with Crippen LogP contribution in [0.5, 0.6) is 0 Å². The van der Waals surface area contributed by atoms with Crippen LogP contribution >= 0.6 is 0 Å². The van der Waals surface area contributed by atoms with E-state index in [0.29, 0.717) is 11.6 Å². The summed E-state index contributed by atoms with van der Waals surface area (Å²) in [7, 11) is 0. The van der Waals surface area contributed by atoms with Crippen LogP contribution in [-0.2, 0) is 0 Å². The lowest BCUT2D eigenvalue weighted by molar-refractivity contribution is 0.101. The number of amides is 1. The van der Waals surface area contributed by atoms with Gasteiger partial charge in [-0.25, -0.2) is 10.8 Å². The third-order valence-electron chi connectivity index (χ3n) is 1.88. The molecule has 0 saturated heterocycles. The molecule has 0 aliphatic carbocycles. The maximum atomic E-state index is 11.7. The number of nitrogen functional groups attached to an aromatic ring is 1. The summed E-state index contributed by atoms with van der Waals surface area (Å²) in [4.78, 5) is 19.5. The molecule has 0 aliphatic rings. The lowest BCUT2D eigenvalue weighted by Crippen LogP contribution is -2.16. The molecule has 2 aromatic rings. The lowest BCUT2D eigenvalue weighted by atomic mass is 10.3. The van der Waals surface area contributed by atoms with Crippen LogP contribution in [-0.4, -0.2) is 21.0 Å². The predicted octanol–water partition coefficient (Wildman–Crippen LogP) is 0.311. The van der Waals surface area contributed by atoms with Gasteiger partial charge in [0, 0.05) is 0 Å². The van der Waals surface area contributed by atoms with Crippen LogP contribution in [0.1, 0.15) is 16.3 Å². The number of nitrogens with one attached hydrogen (secondary N) is 2. The van der Waals surface area contributed by atoms with E-state index in [2.05, 4.69) is 25.9 Å². The molecule has 0 aliphatic heterocycles. The van der Waals surface area contributed by atoms with Gasteiger partial charge < -0.3 is 9.95 Å². The number of hydrogen-bond acceptors (Lipinski definition) is 7. The van der Waals surface area contributed by atoms with Gasteiger partial charge in [-0.05, 0) is 19.1 Å². The first-order valence-electron chi connectivity index (χ1n) is 4.74. The Kier molecular flexibility index (Phi) is 2.97. The van der Waals surface area contributed by atoms with Gasteiger partial charge in [0.05, 0.1) is 0 Å². The monoisotopic (exact) mass is 234 g/mol. The number of nitrogens with zero attached hydrogens (tertiary/aromatic N) is 3. The number of anilines is 2. The molecular weight excluding hydrogens is 224 g/mol. The molecule has 8 heteroatoms. The van der Waals surface area contributed by atoms with E-state index in [1.807, 2.05) is 0 Å². The number of rotatable bonds is 3. The van der Waals surface area contributed by atoms with Crippen molar-refractivity contribution in [2.24, 2.45) is 5.84 Å². The normalized spacial score (nSPS) is 10.0. The number of carbonyl (C=O) groups excluding carboxylic acids is 1. The predicted molar refractivity (Wildman–Crippen MR) is 59.0 cm³/mol. The molecule has 1 amide bonds. The zero-order chi connectivity index (χ0) is 12.3. The average molecular weight is 234 g/mol. The molecular formula is C9H10N6O2. The second-order valence-electron chi connectivity index (χ2n) is 3.15. The van der Waals surface area contributed by atoms with Crippen LogP contribution in [0.25, 0.3) is 0 Å². The van der Waals surface area contributed by atoms with E-state index in [0.717, 1.165) is 0 Å². The highest BCUT2D eigenvalue weighted by Gasteiger charge is 2.11. The van der Waals surface area contributed by atoms with Crippen molar-refractivity contribution in [1.82, 2.24) is 15.1 Å². The third kappa shape index (κ3) is 2.55. The van der Waals surface area contributed by atoms with Crippen molar-refractivity contribution >= 4 is 17.7 Å².